The van der Waals surface area contributed by atoms with Gasteiger partial charge in [-0.25, -0.2) is 0 Å². The standard InChI is InChI=1S/C14H23N3O3S/c1-9(2)12(19)16-5-3-14(4-6-16)8-17(13(14)20)10(7-21)11(15)18/h9-10,21H,3-8H2,1-2H3,(H2,15,18)/t10-/m0/s1. The molecule has 0 radical (unpaired) electrons. The number of nitrogens with two attached hydrogens (primary N) is 1. The topological polar surface area (TPSA) is 83.7 Å². The summed E-state index contributed by atoms with van der Waals surface area (Å²) >= 11 is 4.09. The molecular weight excluding hydrogens is 290 g/mol. The minimum atomic E-state index is -0.623. The Morgan fingerprint density at radius 2 is 1.90 bits per heavy atom. The van der Waals surface area contributed by atoms with Crippen LogP contribution < -0.4 is 5.73 Å². The van der Waals surface area contributed by atoms with Gasteiger partial charge in [-0.1, -0.05) is 13.8 Å². The van der Waals surface area contributed by atoms with Gasteiger partial charge in [0.25, 0.3) is 0 Å². The number of likely N-dealkylation sites (tertiary alicyclic amines) is 2. The van der Waals surface area contributed by atoms with Crippen LogP contribution in [0.2, 0.25) is 0 Å². The van der Waals surface area contributed by atoms with E-state index in [0.29, 0.717) is 32.5 Å². The van der Waals surface area contributed by atoms with Crippen molar-refractivity contribution in [1.82, 2.24) is 9.80 Å². The molecule has 2 N–H and O–H groups in total. The van der Waals surface area contributed by atoms with E-state index < -0.39 is 17.4 Å². The summed E-state index contributed by atoms with van der Waals surface area (Å²) < 4.78 is 0. The summed E-state index contributed by atoms with van der Waals surface area (Å²) in [6.07, 6.45) is 1.33. The van der Waals surface area contributed by atoms with Crippen LogP contribution in [0.3, 0.4) is 0 Å². The first kappa shape index (κ1) is 16.1. The van der Waals surface area contributed by atoms with Crippen LogP contribution in [0.5, 0.6) is 0 Å². The second-order valence-electron chi connectivity index (χ2n) is 6.29. The molecule has 0 unspecified atom stereocenters. The summed E-state index contributed by atoms with van der Waals surface area (Å²) in [5.74, 6) is -0.165. The zero-order valence-corrected chi connectivity index (χ0v) is 13.4. The molecule has 2 aliphatic rings. The Morgan fingerprint density at radius 3 is 2.29 bits per heavy atom. The molecule has 2 fully saturated rings. The number of hydrogen-bond donors (Lipinski definition) is 2. The maximum atomic E-state index is 12.4. The molecule has 21 heavy (non-hydrogen) atoms. The Balaban J connectivity index is 1.96. The third-order valence-corrected chi connectivity index (χ3v) is 4.94. The number of nitrogens with zero attached hydrogens (tertiary/aromatic N) is 2. The van der Waals surface area contributed by atoms with Crippen LogP contribution in [0.25, 0.3) is 0 Å². The van der Waals surface area contributed by atoms with Crippen LogP contribution in [0.4, 0.5) is 0 Å². The number of piperidine rings is 1. The molecule has 0 aliphatic carbocycles. The third kappa shape index (κ3) is 2.75. The fourth-order valence-corrected chi connectivity index (χ4v) is 3.54. The lowest BCUT2D eigenvalue weighted by molar-refractivity contribution is -0.172. The highest BCUT2D eigenvalue weighted by Gasteiger charge is 2.55. The van der Waals surface area contributed by atoms with Gasteiger partial charge in [-0.2, -0.15) is 12.6 Å². The van der Waals surface area contributed by atoms with E-state index in [1.807, 2.05) is 18.7 Å². The van der Waals surface area contributed by atoms with Crippen molar-refractivity contribution < 1.29 is 14.4 Å². The number of hydrogen-bond acceptors (Lipinski definition) is 4. The number of carbonyl (C=O) groups is 3. The van der Waals surface area contributed by atoms with Gasteiger partial charge >= 0.3 is 0 Å². The molecule has 6 nitrogen and oxygen atoms in total. The Hall–Kier alpha value is -1.24. The molecule has 2 heterocycles. The highest BCUT2D eigenvalue weighted by molar-refractivity contribution is 7.80. The maximum absolute atomic E-state index is 12.4. The summed E-state index contributed by atoms with van der Waals surface area (Å²) in [5.41, 5.74) is 4.90. The first-order valence-electron chi connectivity index (χ1n) is 7.32. The number of primary amides is 1. The van der Waals surface area contributed by atoms with Crippen molar-refractivity contribution in [3.63, 3.8) is 0 Å². The second kappa shape index (κ2) is 5.87. The number of amides is 3. The van der Waals surface area contributed by atoms with Crippen molar-refractivity contribution in [1.29, 1.82) is 0 Å². The van der Waals surface area contributed by atoms with E-state index >= 15 is 0 Å². The summed E-state index contributed by atoms with van der Waals surface area (Å²) in [7, 11) is 0. The summed E-state index contributed by atoms with van der Waals surface area (Å²) in [4.78, 5) is 39.1. The molecule has 2 rings (SSSR count). The van der Waals surface area contributed by atoms with Gasteiger partial charge in [-0.15, -0.1) is 0 Å². The van der Waals surface area contributed by atoms with Crippen molar-refractivity contribution in [2.75, 3.05) is 25.4 Å². The van der Waals surface area contributed by atoms with Gasteiger partial charge in [-0.3, -0.25) is 14.4 Å². The molecule has 118 valence electrons. The highest BCUT2D eigenvalue weighted by Crippen LogP contribution is 2.43. The van der Waals surface area contributed by atoms with Gasteiger partial charge in [0.2, 0.25) is 17.7 Å². The molecule has 3 amide bonds. The van der Waals surface area contributed by atoms with Gasteiger partial charge in [0.05, 0.1) is 5.41 Å². The fourth-order valence-electron chi connectivity index (χ4n) is 3.17. The van der Waals surface area contributed by atoms with Crippen molar-refractivity contribution in [2.45, 2.75) is 32.7 Å². The monoisotopic (exact) mass is 313 g/mol. The Labute approximate surface area is 130 Å². The van der Waals surface area contributed by atoms with E-state index in [2.05, 4.69) is 12.6 Å². The lowest BCUT2D eigenvalue weighted by Gasteiger charge is -2.54. The first-order valence-corrected chi connectivity index (χ1v) is 7.95. The number of thiol groups is 1. The average Bonchev–Trinajstić information content (AvgIpc) is 2.46. The smallest absolute Gasteiger partial charge is 0.241 e. The molecular formula is C14H23N3O3S. The van der Waals surface area contributed by atoms with Gasteiger partial charge in [0.1, 0.15) is 6.04 Å². The first-order chi connectivity index (χ1) is 9.82. The third-order valence-electron chi connectivity index (χ3n) is 4.59. The minimum absolute atomic E-state index is 0.0167. The van der Waals surface area contributed by atoms with Crippen LogP contribution in [-0.2, 0) is 14.4 Å². The molecule has 1 atom stereocenters. The number of β-lactam (4-membered cyclic amide) rings is 1. The minimum Gasteiger partial charge on any atom is -0.368 e. The number of carbonyl (C=O) groups excluding carboxylic acids is 3. The lowest BCUT2D eigenvalue weighted by atomic mass is 9.70. The van der Waals surface area contributed by atoms with Crippen LogP contribution >= 0.6 is 12.6 Å². The van der Waals surface area contributed by atoms with E-state index in [1.165, 1.54) is 4.90 Å². The molecule has 1 spiro atoms. The average molecular weight is 313 g/mol. The predicted octanol–water partition coefficient (Wildman–Crippen LogP) is -0.123. The van der Waals surface area contributed by atoms with Crippen molar-refractivity contribution >= 4 is 30.4 Å². The van der Waals surface area contributed by atoms with Crippen molar-refractivity contribution in [3.8, 4) is 0 Å². The van der Waals surface area contributed by atoms with Crippen molar-refractivity contribution in [3.05, 3.63) is 0 Å². The zero-order chi connectivity index (χ0) is 15.8. The van der Waals surface area contributed by atoms with Gasteiger partial charge in [0, 0.05) is 31.3 Å². The molecule has 0 aromatic rings. The van der Waals surface area contributed by atoms with E-state index in [1.54, 1.807) is 0 Å². The SMILES string of the molecule is CC(C)C(=O)N1CCC2(CC1)CN([C@@H](CS)C(N)=O)C2=O. The van der Waals surface area contributed by atoms with Crippen LogP contribution in [-0.4, -0.2) is 59.0 Å². The Bertz CT molecular complexity index is 458. The summed E-state index contributed by atoms with van der Waals surface area (Å²) in [6, 6.07) is -0.623. The van der Waals surface area contributed by atoms with Gasteiger partial charge in [0.15, 0.2) is 0 Å². The lowest BCUT2D eigenvalue weighted by Crippen LogP contribution is -2.69. The van der Waals surface area contributed by atoms with E-state index in [4.69, 9.17) is 5.73 Å². The van der Waals surface area contributed by atoms with Crippen LogP contribution in [0, 0.1) is 11.3 Å². The Morgan fingerprint density at radius 1 is 1.33 bits per heavy atom. The van der Waals surface area contributed by atoms with Gasteiger partial charge in [-0.05, 0) is 12.8 Å². The summed E-state index contributed by atoms with van der Waals surface area (Å²) in [5, 5.41) is 0. The molecule has 0 aromatic carbocycles. The van der Waals surface area contributed by atoms with Crippen LogP contribution in [0.15, 0.2) is 0 Å². The zero-order valence-electron chi connectivity index (χ0n) is 12.5. The van der Waals surface area contributed by atoms with E-state index in [9.17, 15) is 14.4 Å². The molecule has 7 heteroatoms. The number of rotatable bonds is 4. The normalized spacial score (nSPS) is 22.4. The fraction of sp³-hybridized carbons (Fsp3) is 0.786. The van der Waals surface area contributed by atoms with E-state index in [0.717, 1.165) is 0 Å². The molecule has 0 bridgehead atoms. The molecule has 0 saturated carbocycles. The van der Waals surface area contributed by atoms with Gasteiger partial charge < -0.3 is 15.5 Å². The highest BCUT2D eigenvalue weighted by atomic mass is 32.1. The van der Waals surface area contributed by atoms with Crippen LogP contribution in [0.1, 0.15) is 26.7 Å². The Kier molecular flexibility index (Phi) is 4.51. The molecule has 2 aliphatic heterocycles. The quantitative estimate of drug-likeness (QED) is 0.560. The largest absolute Gasteiger partial charge is 0.368 e. The summed E-state index contributed by atoms with van der Waals surface area (Å²) in [6.45, 7) is 5.53. The van der Waals surface area contributed by atoms with E-state index in [-0.39, 0.29) is 23.5 Å². The molecule has 0 aromatic heterocycles. The van der Waals surface area contributed by atoms with Crippen molar-refractivity contribution in [2.24, 2.45) is 17.1 Å². The molecule has 2 saturated heterocycles. The predicted molar refractivity (Wildman–Crippen MR) is 81.6 cm³/mol. The second-order valence-corrected chi connectivity index (χ2v) is 6.66. The maximum Gasteiger partial charge on any atom is 0.241 e.